The molecule has 0 spiro atoms. The zero-order chi connectivity index (χ0) is 33.5. The predicted octanol–water partition coefficient (Wildman–Crippen LogP) is 11.8. The molecule has 0 bridgehead atoms. The molecule has 1 radical (unpaired) electrons. The Kier molecular flexibility index (Phi) is 8.96. The second-order valence-electron chi connectivity index (χ2n) is 13.1. The van der Waals surface area contributed by atoms with E-state index in [9.17, 15) is 0 Å². The van der Waals surface area contributed by atoms with E-state index in [1.165, 1.54) is 16.7 Å². The molecule has 50 heavy (non-hydrogen) atoms. The maximum absolute atomic E-state index is 6.08. The molecule has 0 saturated carbocycles. The van der Waals surface area contributed by atoms with Crippen molar-refractivity contribution in [2.24, 2.45) is 0 Å². The maximum Gasteiger partial charge on any atom is 0.121 e. The van der Waals surface area contributed by atoms with Gasteiger partial charge in [0.05, 0.1) is 11.2 Å². The monoisotopic (exact) mass is 827 g/mol. The average Bonchev–Trinajstić information content (AvgIpc) is 3.70. The predicted molar refractivity (Wildman–Crippen MR) is 200 cm³/mol. The summed E-state index contributed by atoms with van der Waals surface area (Å²) in [6.07, 6.45) is 3.76. The van der Waals surface area contributed by atoms with Gasteiger partial charge in [-0.25, -0.2) is 0 Å². The summed E-state index contributed by atoms with van der Waals surface area (Å²) in [5, 5.41) is 4.46. The number of para-hydroxylation sites is 1. The van der Waals surface area contributed by atoms with Gasteiger partial charge in [-0.15, -0.1) is 42.0 Å². The molecule has 0 aliphatic carbocycles. The van der Waals surface area contributed by atoms with Crippen LogP contribution in [0.25, 0.3) is 66.4 Å². The minimum Gasteiger partial charge on any atom is -0.501 e. The van der Waals surface area contributed by atoms with Crippen molar-refractivity contribution in [3.8, 4) is 22.5 Å². The number of pyridine rings is 2. The Morgan fingerprint density at radius 1 is 0.580 bits per heavy atom. The summed E-state index contributed by atoms with van der Waals surface area (Å²) in [6.45, 7) is 8.60. The first-order valence-corrected chi connectivity index (χ1v) is 16.5. The molecule has 0 aliphatic rings. The van der Waals surface area contributed by atoms with Crippen molar-refractivity contribution in [3.63, 3.8) is 0 Å². The number of furan rings is 2. The largest absolute Gasteiger partial charge is 0.501 e. The van der Waals surface area contributed by atoms with Crippen LogP contribution in [0.15, 0.2) is 143 Å². The van der Waals surface area contributed by atoms with Crippen LogP contribution < -0.4 is 0 Å². The Hall–Kier alpha value is -5.35. The van der Waals surface area contributed by atoms with E-state index in [1.54, 1.807) is 0 Å². The van der Waals surface area contributed by atoms with E-state index in [0.29, 0.717) is 0 Å². The SMILES string of the molecule is CC(C)(c1ccccc1)c1ccnc(-c2[c-]cc3oc4ccccc4c3c2)c1.Cc1ccc(-c2[c-]ccc3c2oc2cc(C)ccc23)nc1.[Ir]. The summed E-state index contributed by atoms with van der Waals surface area (Å²) >= 11 is 0. The number of fused-ring (bicyclic) bond motifs is 6. The van der Waals surface area contributed by atoms with E-state index in [1.807, 2.05) is 61.8 Å². The Morgan fingerprint density at radius 3 is 2.18 bits per heavy atom. The number of hydrogen-bond donors (Lipinski definition) is 0. The second-order valence-corrected chi connectivity index (χ2v) is 13.1. The first-order chi connectivity index (χ1) is 23.8. The summed E-state index contributed by atoms with van der Waals surface area (Å²) in [4.78, 5) is 9.12. The number of benzene rings is 5. The van der Waals surface area contributed by atoms with Crippen LogP contribution in [0.5, 0.6) is 0 Å². The van der Waals surface area contributed by atoms with Crippen molar-refractivity contribution in [1.82, 2.24) is 9.97 Å². The van der Waals surface area contributed by atoms with Crippen molar-refractivity contribution in [2.75, 3.05) is 0 Å². The molecule has 5 heteroatoms. The average molecular weight is 827 g/mol. The number of aryl methyl sites for hydroxylation is 2. The van der Waals surface area contributed by atoms with E-state index in [0.717, 1.165) is 72.0 Å². The van der Waals surface area contributed by atoms with Gasteiger partial charge in [0.25, 0.3) is 0 Å². The molecular formula is C45H34IrN2O2-2. The van der Waals surface area contributed by atoms with Crippen LogP contribution in [0.2, 0.25) is 0 Å². The molecule has 0 atom stereocenters. The molecule has 0 aliphatic heterocycles. The number of rotatable bonds is 4. The van der Waals surface area contributed by atoms with Gasteiger partial charge in [-0.2, -0.15) is 0 Å². The van der Waals surface area contributed by atoms with Gasteiger partial charge < -0.3 is 18.8 Å². The molecule has 4 nitrogen and oxygen atoms in total. The van der Waals surface area contributed by atoms with Crippen molar-refractivity contribution in [3.05, 3.63) is 168 Å². The van der Waals surface area contributed by atoms with Crippen LogP contribution in [0, 0.1) is 26.0 Å². The quantitative estimate of drug-likeness (QED) is 0.166. The first kappa shape index (κ1) is 33.2. The van der Waals surface area contributed by atoms with Crippen molar-refractivity contribution < 1.29 is 28.9 Å². The fourth-order valence-corrected chi connectivity index (χ4v) is 6.46. The van der Waals surface area contributed by atoms with Crippen LogP contribution in [-0.4, -0.2) is 9.97 Å². The Balaban J connectivity index is 0.000000160. The second kappa shape index (κ2) is 13.5. The van der Waals surface area contributed by atoms with Gasteiger partial charge >= 0.3 is 0 Å². The van der Waals surface area contributed by atoms with E-state index >= 15 is 0 Å². The number of nitrogens with zero attached hydrogens (tertiary/aromatic N) is 2. The maximum atomic E-state index is 6.08. The van der Waals surface area contributed by atoms with Gasteiger partial charge in [0.2, 0.25) is 0 Å². The number of aromatic nitrogens is 2. The third-order valence-electron chi connectivity index (χ3n) is 9.32. The fraction of sp³-hybridized carbons (Fsp3) is 0.111. The molecule has 0 unspecified atom stereocenters. The minimum absolute atomic E-state index is 0. The molecular weight excluding hydrogens is 793 g/mol. The number of hydrogen-bond acceptors (Lipinski definition) is 4. The topological polar surface area (TPSA) is 52.1 Å². The molecule has 4 aromatic heterocycles. The van der Waals surface area contributed by atoms with Gasteiger partial charge in [-0.05, 0) is 65.7 Å². The van der Waals surface area contributed by atoms with Gasteiger partial charge in [0, 0.05) is 48.7 Å². The summed E-state index contributed by atoms with van der Waals surface area (Å²) in [5.41, 5.74) is 12.0. The third-order valence-corrected chi connectivity index (χ3v) is 9.32. The van der Waals surface area contributed by atoms with Crippen molar-refractivity contribution in [1.29, 1.82) is 0 Å². The summed E-state index contributed by atoms with van der Waals surface area (Å²) in [6, 6.07) is 48.0. The van der Waals surface area contributed by atoms with Crippen molar-refractivity contribution >= 4 is 43.9 Å². The molecule has 5 aromatic carbocycles. The standard InChI is InChI=1S/C26H20NO.C19H14NO.Ir/c1-26(2,19-8-4-3-5-9-19)20-14-15-27-23(17-20)18-12-13-25-22(16-18)21-10-6-7-11-24(21)28-25;1-12-6-8-14-15-4-3-5-16(19(15)21-18(14)10-12)17-9-7-13(2)11-20-17;/h3-11,13-17H,1-2H3;3-4,6-11H,1-2H3;/q2*-1;. The van der Waals surface area contributed by atoms with Crippen LogP contribution in [0.3, 0.4) is 0 Å². The van der Waals surface area contributed by atoms with E-state index in [2.05, 4.69) is 122 Å². The summed E-state index contributed by atoms with van der Waals surface area (Å²) < 4.78 is 12.0. The Labute approximate surface area is 305 Å². The molecule has 9 aromatic rings. The Morgan fingerprint density at radius 2 is 1.36 bits per heavy atom. The third kappa shape index (κ3) is 6.15. The van der Waals surface area contributed by atoms with E-state index in [4.69, 9.17) is 8.83 Å². The zero-order valence-electron chi connectivity index (χ0n) is 28.2. The van der Waals surface area contributed by atoms with Crippen LogP contribution in [0.4, 0.5) is 0 Å². The summed E-state index contributed by atoms with van der Waals surface area (Å²) in [5.74, 6) is 0. The van der Waals surface area contributed by atoms with Gasteiger partial charge in [0.1, 0.15) is 11.2 Å². The molecule has 0 N–H and O–H groups in total. The minimum atomic E-state index is -0.106. The van der Waals surface area contributed by atoms with Crippen molar-refractivity contribution in [2.45, 2.75) is 33.1 Å². The van der Waals surface area contributed by atoms with Crippen LogP contribution >= 0.6 is 0 Å². The molecule has 0 amide bonds. The smallest absolute Gasteiger partial charge is 0.121 e. The van der Waals surface area contributed by atoms with E-state index < -0.39 is 0 Å². The fourth-order valence-electron chi connectivity index (χ4n) is 6.46. The molecule has 4 heterocycles. The molecule has 0 saturated heterocycles. The zero-order valence-corrected chi connectivity index (χ0v) is 30.6. The van der Waals surface area contributed by atoms with Crippen LogP contribution in [0.1, 0.15) is 36.1 Å². The summed E-state index contributed by atoms with van der Waals surface area (Å²) in [7, 11) is 0. The van der Waals surface area contributed by atoms with Gasteiger partial charge in [-0.1, -0.05) is 109 Å². The van der Waals surface area contributed by atoms with Gasteiger partial charge in [-0.3, -0.25) is 0 Å². The molecule has 0 fully saturated rings. The molecule has 9 rings (SSSR count). The normalized spacial score (nSPS) is 11.4. The van der Waals surface area contributed by atoms with Crippen LogP contribution in [-0.2, 0) is 25.5 Å². The van der Waals surface area contributed by atoms with Gasteiger partial charge in [0.15, 0.2) is 0 Å². The Bertz CT molecular complexity index is 2600. The molecule has 247 valence electrons. The first-order valence-electron chi connectivity index (χ1n) is 16.5. The van der Waals surface area contributed by atoms with E-state index in [-0.39, 0.29) is 25.5 Å².